The normalized spacial score (nSPS) is 26.5. The van der Waals surface area contributed by atoms with E-state index in [-0.39, 0.29) is 24.0 Å². The number of nitrogens with one attached hydrogen (secondary N) is 1. The molecule has 1 saturated heterocycles. The van der Waals surface area contributed by atoms with Gasteiger partial charge in [0.2, 0.25) is 11.8 Å². The number of aliphatic hydroxyl groups is 1. The number of likely N-dealkylation sites (tertiary alicyclic amines) is 1. The average Bonchev–Trinajstić information content (AvgIpc) is 3.39. The molecule has 4 rings (SSSR count). The maximum absolute atomic E-state index is 13.5. The topological polar surface area (TPSA) is 95.7 Å². The molecule has 0 radical (unpaired) electrons. The molecule has 2 aromatic rings. The van der Waals surface area contributed by atoms with Crippen molar-refractivity contribution < 1.29 is 19.2 Å². The number of benzene rings is 1. The number of hydrogen-bond donors (Lipinski definition) is 2. The maximum Gasteiger partial charge on any atom is 0.246 e. The van der Waals surface area contributed by atoms with E-state index in [0.29, 0.717) is 38.0 Å². The Morgan fingerprint density at radius 1 is 1.23 bits per heavy atom. The van der Waals surface area contributed by atoms with Crippen LogP contribution >= 0.6 is 0 Å². The summed E-state index contributed by atoms with van der Waals surface area (Å²) in [6.07, 6.45) is 4.28. The molecule has 2 fully saturated rings. The van der Waals surface area contributed by atoms with E-state index in [9.17, 15) is 14.7 Å². The van der Waals surface area contributed by atoms with Crippen molar-refractivity contribution in [2.75, 3.05) is 6.54 Å². The molecule has 1 aliphatic carbocycles. The van der Waals surface area contributed by atoms with Gasteiger partial charge in [-0.15, -0.1) is 0 Å². The van der Waals surface area contributed by atoms with Crippen LogP contribution in [0.25, 0.3) is 11.3 Å². The minimum atomic E-state index is -0.963. The summed E-state index contributed by atoms with van der Waals surface area (Å²) < 4.78 is 5.59. The molecule has 1 atom stereocenters. The molecule has 1 saturated carbocycles. The van der Waals surface area contributed by atoms with Crippen molar-refractivity contribution in [3.63, 3.8) is 0 Å². The van der Waals surface area contributed by atoms with E-state index in [4.69, 9.17) is 4.52 Å². The van der Waals surface area contributed by atoms with Crippen LogP contribution < -0.4 is 5.32 Å². The zero-order valence-electron chi connectivity index (χ0n) is 17.3. The molecular weight excluding hydrogens is 382 g/mol. The smallest absolute Gasteiger partial charge is 0.246 e. The summed E-state index contributed by atoms with van der Waals surface area (Å²) >= 11 is 0. The predicted molar refractivity (Wildman–Crippen MR) is 111 cm³/mol. The van der Waals surface area contributed by atoms with Gasteiger partial charge in [-0.2, -0.15) is 0 Å². The Kier molecular flexibility index (Phi) is 5.90. The van der Waals surface area contributed by atoms with Crippen LogP contribution in [0.5, 0.6) is 0 Å². The standard InChI is InChI=1S/C23H29N3O4/c1-16(27)26-13-5-12-23(26,22(29)24-18-8-10-19(28)11-9-18)15-20-14-21(25-30-20)17-6-3-2-4-7-17/h2-4,6-7,14,18-19,28H,5,8-13,15H2,1H3,(H,24,29)/t18?,19?,23-/m0/s1. The van der Waals surface area contributed by atoms with E-state index < -0.39 is 5.54 Å². The van der Waals surface area contributed by atoms with E-state index in [1.165, 1.54) is 6.92 Å². The van der Waals surface area contributed by atoms with Gasteiger partial charge >= 0.3 is 0 Å². The summed E-state index contributed by atoms with van der Waals surface area (Å²) in [5.74, 6) is 0.356. The first-order chi connectivity index (χ1) is 14.5. The van der Waals surface area contributed by atoms with Crippen LogP contribution in [-0.4, -0.2) is 51.2 Å². The van der Waals surface area contributed by atoms with E-state index in [1.54, 1.807) is 4.90 Å². The van der Waals surface area contributed by atoms with E-state index in [0.717, 1.165) is 30.5 Å². The third-order valence-electron chi connectivity index (χ3n) is 6.42. The van der Waals surface area contributed by atoms with Crippen molar-refractivity contribution in [3.8, 4) is 11.3 Å². The summed E-state index contributed by atoms with van der Waals surface area (Å²) in [5.41, 5.74) is 0.700. The Morgan fingerprint density at radius 2 is 1.97 bits per heavy atom. The van der Waals surface area contributed by atoms with Gasteiger partial charge in [0.25, 0.3) is 0 Å². The molecule has 2 aliphatic rings. The molecule has 160 valence electrons. The largest absolute Gasteiger partial charge is 0.393 e. The number of hydrogen-bond acceptors (Lipinski definition) is 5. The summed E-state index contributed by atoms with van der Waals surface area (Å²) in [6, 6.07) is 11.6. The third kappa shape index (κ3) is 4.12. The molecule has 2 amide bonds. The van der Waals surface area contributed by atoms with E-state index >= 15 is 0 Å². The second-order valence-corrected chi connectivity index (χ2v) is 8.51. The van der Waals surface area contributed by atoms with Gasteiger partial charge in [0.05, 0.1) is 6.10 Å². The summed E-state index contributed by atoms with van der Waals surface area (Å²) in [7, 11) is 0. The maximum atomic E-state index is 13.5. The average molecular weight is 412 g/mol. The Balaban J connectivity index is 1.56. The van der Waals surface area contributed by atoms with Gasteiger partial charge in [0, 0.05) is 37.6 Å². The van der Waals surface area contributed by atoms with Gasteiger partial charge in [-0.25, -0.2) is 0 Å². The van der Waals surface area contributed by atoms with Crippen LogP contribution in [-0.2, 0) is 16.0 Å². The lowest BCUT2D eigenvalue weighted by atomic mass is 9.87. The molecule has 30 heavy (non-hydrogen) atoms. The lowest BCUT2D eigenvalue weighted by Gasteiger charge is -2.38. The van der Waals surface area contributed by atoms with Crippen LogP contribution in [0.4, 0.5) is 0 Å². The first kappa shape index (κ1) is 20.6. The molecule has 1 aromatic carbocycles. The monoisotopic (exact) mass is 411 g/mol. The van der Waals surface area contributed by atoms with Crippen LogP contribution in [0.1, 0.15) is 51.2 Å². The third-order valence-corrected chi connectivity index (χ3v) is 6.42. The summed E-state index contributed by atoms with van der Waals surface area (Å²) in [5, 5.41) is 17.1. The first-order valence-electron chi connectivity index (χ1n) is 10.8. The highest BCUT2D eigenvalue weighted by molar-refractivity contribution is 5.92. The fourth-order valence-corrected chi connectivity index (χ4v) is 4.81. The zero-order chi connectivity index (χ0) is 21.1. The highest BCUT2D eigenvalue weighted by Crippen LogP contribution is 2.35. The first-order valence-corrected chi connectivity index (χ1v) is 10.8. The van der Waals surface area contributed by atoms with Crippen molar-refractivity contribution in [2.24, 2.45) is 0 Å². The van der Waals surface area contributed by atoms with Gasteiger partial charge in [-0.1, -0.05) is 35.5 Å². The lowest BCUT2D eigenvalue weighted by Crippen LogP contribution is -2.60. The minimum absolute atomic E-state index is 0.0294. The summed E-state index contributed by atoms with van der Waals surface area (Å²) in [4.78, 5) is 27.6. The van der Waals surface area contributed by atoms with Gasteiger partial charge in [0.1, 0.15) is 17.0 Å². The molecule has 1 aliphatic heterocycles. The Bertz CT molecular complexity index is 889. The van der Waals surface area contributed by atoms with E-state index in [2.05, 4.69) is 10.5 Å². The van der Waals surface area contributed by atoms with Crippen molar-refractivity contribution >= 4 is 11.8 Å². The second kappa shape index (κ2) is 8.60. The number of rotatable bonds is 5. The van der Waals surface area contributed by atoms with Gasteiger partial charge in [-0.3, -0.25) is 9.59 Å². The molecule has 0 bridgehead atoms. The minimum Gasteiger partial charge on any atom is -0.393 e. The fraction of sp³-hybridized carbons (Fsp3) is 0.522. The van der Waals surface area contributed by atoms with Crippen molar-refractivity contribution in [2.45, 2.75) is 69.6 Å². The zero-order valence-corrected chi connectivity index (χ0v) is 17.3. The number of nitrogens with zero attached hydrogens (tertiary/aromatic N) is 2. The molecule has 1 aromatic heterocycles. The van der Waals surface area contributed by atoms with Gasteiger partial charge in [0.15, 0.2) is 0 Å². The van der Waals surface area contributed by atoms with Gasteiger partial charge < -0.3 is 19.8 Å². The van der Waals surface area contributed by atoms with Crippen LogP contribution in [0.15, 0.2) is 40.9 Å². The molecule has 0 unspecified atom stereocenters. The molecular formula is C23H29N3O4. The second-order valence-electron chi connectivity index (χ2n) is 8.51. The number of carbonyl (C=O) groups is 2. The highest BCUT2D eigenvalue weighted by atomic mass is 16.5. The van der Waals surface area contributed by atoms with Crippen LogP contribution in [0, 0.1) is 0 Å². The fourth-order valence-electron chi connectivity index (χ4n) is 4.81. The highest BCUT2D eigenvalue weighted by Gasteiger charge is 2.50. The predicted octanol–water partition coefficient (Wildman–Crippen LogP) is 2.68. The van der Waals surface area contributed by atoms with Crippen molar-refractivity contribution in [1.82, 2.24) is 15.4 Å². The lowest BCUT2D eigenvalue weighted by molar-refractivity contribution is -0.144. The van der Waals surface area contributed by atoms with Crippen molar-refractivity contribution in [1.29, 1.82) is 0 Å². The Labute approximate surface area is 176 Å². The molecule has 0 spiro atoms. The number of amides is 2. The van der Waals surface area contributed by atoms with E-state index in [1.807, 2.05) is 36.4 Å². The molecule has 7 heteroatoms. The molecule has 2 N–H and O–H groups in total. The van der Waals surface area contributed by atoms with Crippen LogP contribution in [0.2, 0.25) is 0 Å². The molecule has 7 nitrogen and oxygen atoms in total. The quantitative estimate of drug-likeness (QED) is 0.789. The van der Waals surface area contributed by atoms with Crippen molar-refractivity contribution in [3.05, 3.63) is 42.2 Å². The Hall–Kier alpha value is -2.67. The molecule has 2 heterocycles. The number of aromatic nitrogens is 1. The number of aliphatic hydroxyl groups excluding tert-OH is 1. The SMILES string of the molecule is CC(=O)N1CCC[C@]1(Cc1cc(-c2ccccc2)no1)C(=O)NC1CCC(O)CC1. The number of carbonyl (C=O) groups excluding carboxylic acids is 2. The van der Waals surface area contributed by atoms with Gasteiger partial charge in [-0.05, 0) is 38.5 Å². The van der Waals surface area contributed by atoms with Crippen LogP contribution in [0.3, 0.4) is 0 Å². The Morgan fingerprint density at radius 3 is 2.67 bits per heavy atom. The summed E-state index contributed by atoms with van der Waals surface area (Å²) in [6.45, 7) is 2.08.